The first kappa shape index (κ1) is 38.0. The molecule has 0 aromatic heterocycles. The van der Waals surface area contributed by atoms with Gasteiger partial charge in [-0.05, 0) is 55.2 Å². The number of ether oxygens (including phenoxy) is 4. The molecule has 1 N–H and O–H groups in total. The average Bonchev–Trinajstić information content (AvgIpc) is 3.68. The number of sulfonamides is 1. The highest BCUT2D eigenvalue weighted by molar-refractivity contribution is 7.92. The molecule has 4 aromatic carbocycles. The van der Waals surface area contributed by atoms with Crippen LogP contribution >= 0.6 is 0 Å². The third-order valence-electron chi connectivity index (χ3n) is 9.32. The normalized spacial score (nSPS) is 13.6. The fourth-order valence-corrected chi connectivity index (χ4v) is 7.85. The summed E-state index contributed by atoms with van der Waals surface area (Å²) in [4.78, 5) is 30.6. The molecular formula is C40H47N3O8S. The molecule has 0 aliphatic heterocycles. The molecule has 0 radical (unpaired) electrons. The lowest BCUT2D eigenvalue weighted by Gasteiger charge is -2.34. The quantitative estimate of drug-likeness (QED) is 0.151. The molecule has 12 heteroatoms. The van der Waals surface area contributed by atoms with Crippen LogP contribution in [-0.2, 0) is 32.6 Å². The van der Waals surface area contributed by atoms with E-state index in [1.807, 2.05) is 61.5 Å². The Bertz CT molecular complexity index is 1930. The Morgan fingerprint density at radius 3 is 2.06 bits per heavy atom. The van der Waals surface area contributed by atoms with Gasteiger partial charge in [0, 0.05) is 31.1 Å². The maximum absolute atomic E-state index is 15.0. The van der Waals surface area contributed by atoms with Gasteiger partial charge in [0.1, 0.15) is 24.1 Å². The summed E-state index contributed by atoms with van der Waals surface area (Å²) in [6, 6.07) is 25.2. The van der Waals surface area contributed by atoms with Crippen molar-refractivity contribution in [3.63, 3.8) is 0 Å². The number of carbonyl (C=O) groups excluding carboxylic acids is 2. The highest BCUT2D eigenvalue weighted by Gasteiger charge is 2.37. The molecular weight excluding hydrogens is 683 g/mol. The third kappa shape index (κ3) is 8.97. The van der Waals surface area contributed by atoms with Crippen molar-refractivity contribution in [3.8, 4) is 23.0 Å². The number of nitrogens with one attached hydrogen (secondary N) is 1. The van der Waals surface area contributed by atoms with E-state index in [1.165, 1.54) is 57.6 Å². The van der Waals surface area contributed by atoms with Crippen molar-refractivity contribution in [2.75, 3.05) is 39.3 Å². The number of rotatable bonds is 16. The number of methoxy groups -OCH3 is 4. The van der Waals surface area contributed by atoms with Gasteiger partial charge in [-0.25, -0.2) is 8.42 Å². The number of amides is 2. The average molecular weight is 730 g/mol. The van der Waals surface area contributed by atoms with Crippen LogP contribution in [0, 0.1) is 6.92 Å². The summed E-state index contributed by atoms with van der Waals surface area (Å²) in [6.45, 7) is 1.38. The summed E-state index contributed by atoms with van der Waals surface area (Å²) in [5.74, 6) is 0.207. The molecule has 1 atom stereocenters. The standard InChI is InChI=1S/C40H47N3O8S/c1-28-15-17-30(18-16-28)26-42(35(23-29-11-7-6-8-12-29)40(45)41-31-13-9-10-14-31)39(44)27-43(34-24-32(48-2)19-21-36(34)49-3)52(46,47)33-20-22-37(50-4)38(25-33)51-5/h6-8,11-12,15-22,24-25,31,35H,9-10,13-14,23,26-27H2,1-5H3,(H,41,45). The number of hydrogen-bond donors (Lipinski definition) is 1. The van der Waals surface area contributed by atoms with E-state index in [0.29, 0.717) is 11.5 Å². The third-order valence-corrected chi connectivity index (χ3v) is 11.1. The van der Waals surface area contributed by atoms with Gasteiger partial charge in [-0.15, -0.1) is 0 Å². The number of nitrogens with zero attached hydrogens (tertiary/aromatic N) is 2. The summed E-state index contributed by atoms with van der Waals surface area (Å²) in [6.07, 6.45) is 3.99. The van der Waals surface area contributed by atoms with Crippen LogP contribution in [0.15, 0.2) is 95.9 Å². The van der Waals surface area contributed by atoms with Gasteiger partial charge in [0.2, 0.25) is 11.8 Å². The highest BCUT2D eigenvalue weighted by Crippen LogP contribution is 2.38. The Labute approximate surface area is 306 Å². The lowest BCUT2D eigenvalue weighted by molar-refractivity contribution is -0.140. The van der Waals surface area contributed by atoms with Crippen LogP contribution in [0.4, 0.5) is 5.69 Å². The van der Waals surface area contributed by atoms with Gasteiger partial charge in [-0.2, -0.15) is 0 Å². The van der Waals surface area contributed by atoms with Gasteiger partial charge in [0.05, 0.1) is 39.0 Å². The number of anilines is 1. The molecule has 1 aliphatic carbocycles. The molecule has 0 saturated heterocycles. The van der Waals surface area contributed by atoms with Gasteiger partial charge < -0.3 is 29.2 Å². The SMILES string of the molecule is COc1ccc(OC)c(N(CC(=O)N(Cc2ccc(C)cc2)C(Cc2ccccc2)C(=O)NC2CCCC2)S(=O)(=O)c2ccc(OC)c(OC)c2)c1. The first-order valence-electron chi connectivity index (χ1n) is 17.2. The van der Waals surface area contributed by atoms with Crippen molar-refractivity contribution in [1.82, 2.24) is 10.2 Å². The second-order valence-electron chi connectivity index (χ2n) is 12.8. The molecule has 1 aliphatic rings. The van der Waals surface area contributed by atoms with E-state index in [0.717, 1.165) is 46.7 Å². The Balaban J connectivity index is 1.64. The van der Waals surface area contributed by atoms with Crippen LogP contribution in [0.1, 0.15) is 42.4 Å². The lowest BCUT2D eigenvalue weighted by Crippen LogP contribution is -2.54. The Morgan fingerprint density at radius 2 is 1.42 bits per heavy atom. The number of benzene rings is 4. The molecule has 11 nitrogen and oxygen atoms in total. The Morgan fingerprint density at radius 1 is 0.769 bits per heavy atom. The van der Waals surface area contributed by atoms with Crippen LogP contribution in [0.2, 0.25) is 0 Å². The first-order valence-corrected chi connectivity index (χ1v) is 18.7. The van der Waals surface area contributed by atoms with Gasteiger partial charge in [-0.1, -0.05) is 73.0 Å². The fourth-order valence-electron chi connectivity index (χ4n) is 6.42. The molecule has 276 valence electrons. The van der Waals surface area contributed by atoms with Crippen LogP contribution in [0.25, 0.3) is 0 Å². The Hall–Kier alpha value is -5.23. The molecule has 4 aromatic rings. The smallest absolute Gasteiger partial charge is 0.265 e. The van der Waals surface area contributed by atoms with Gasteiger partial charge in [-0.3, -0.25) is 13.9 Å². The maximum atomic E-state index is 15.0. The first-order chi connectivity index (χ1) is 25.1. The fraction of sp³-hybridized carbons (Fsp3) is 0.350. The lowest BCUT2D eigenvalue weighted by atomic mass is 10.0. The van der Waals surface area contributed by atoms with Gasteiger partial charge in [0.25, 0.3) is 10.0 Å². The van der Waals surface area contributed by atoms with E-state index in [9.17, 15) is 18.0 Å². The molecule has 0 bridgehead atoms. The van der Waals surface area contributed by atoms with E-state index >= 15 is 0 Å². The Kier molecular flexibility index (Phi) is 12.7. The molecule has 1 unspecified atom stereocenters. The largest absolute Gasteiger partial charge is 0.497 e. The van der Waals surface area contributed by atoms with Crippen molar-refractivity contribution >= 4 is 27.5 Å². The van der Waals surface area contributed by atoms with Crippen LogP contribution in [-0.4, -0.2) is 72.2 Å². The van der Waals surface area contributed by atoms with E-state index < -0.39 is 28.5 Å². The maximum Gasteiger partial charge on any atom is 0.265 e. The van der Waals surface area contributed by atoms with E-state index in [1.54, 1.807) is 12.1 Å². The van der Waals surface area contributed by atoms with Gasteiger partial charge >= 0.3 is 0 Å². The zero-order valence-electron chi connectivity index (χ0n) is 30.3. The second-order valence-corrected chi connectivity index (χ2v) is 14.6. The second kappa shape index (κ2) is 17.3. The topological polar surface area (TPSA) is 124 Å². The molecule has 1 saturated carbocycles. The van der Waals surface area contributed by atoms with Crippen molar-refractivity contribution in [2.45, 2.75) is 62.6 Å². The van der Waals surface area contributed by atoms with Gasteiger partial charge in [0.15, 0.2) is 11.5 Å². The van der Waals surface area contributed by atoms with E-state index in [4.69, 9.17) is 18.9 Å². The summed E-state index contributed by atoms with van der Waals surface area (Å²) < 4.78 is 52.3. The molecule has 5 rings (SSSR count). The highest BCUT2D eigenvalue weighted by atomic mass is 32.2. The molecule has 2 amide bonds. The van der Waals surface area contributed by atoms with Crippen molar-refractivity contribution in [3.05, 3.63) is 108 Å². The van der Waals surface area contributed by atoms with E-state index in [-0.39, 0.29) is 47.0 Å². The van der Waals surface area contributed by atoms with Crippen LogP contribution in [0.3, 0.4) is 0 Å². The summed E-state index contributed by atoms with van der Waals surface area (Å²) in [5, 5.41) is 3.20. The predicted molar refractivity (Wildman–Crippen MR) is 200 cm³/mol. The summed E-state index contributed by atoms with van der Waals surface area (Å²) in [5.41, 5.74) is 2.77. The predicted octanol–water partition coefficient (Wildman–Crippen LogP) is 5.92. The van der Waals surface area contributed by atoms with Crippen LogP contribution < -0.4 is 28.6 Å². The zero-order valence-corrected chi connectivity index (χ0v) is 31.1. The number of carbonyl (C=O) groups is 2. The number of hydrogen-bond acceptors (Lipinski definition) is 8. The number of aryl methyl sites for hydroxylation is 1. The van der Waals surface area contributed by atoms with Crippen molar-refractivity contribution < 1.29 is 37.0 Å². The molecule has 0 spiro atoms. The molecule has 52 heavy (non-hydrogen) atoms. The van der Waals surface area contributed by atoms with Crippen molar-refractivity contribution in [2.24, 2.45) is 0 Å². The minimum Gasteiger partial charge on any atom is -0.497 e. The van der Waals surface area contributed by atoms with Crippen molar-refractivity contribution in [1.29, 1.82) is 0 Å². The molecule has 1 fully saturated rings. The van der Waals surface area contributed by atoms with Crippen LogP contribution in [0.5, 0.6) is 23.0 Å². The zero-order chi connectivity index (χ0) is 37.3. The van der Waals surface area contributed by atoms with E-state index in [2.05, 4.69) is 5.32 Å². The summed E-state index contributed by atoms with van der Waals surface area (Å²) >= 11 is 0. The minimum atomic E-state index is -4.49. The monoisotopic (exact) mass is 729 g/mol. The minimum absolute atomic E-state index is 0.00470. The molecule has 0 heterocycles. The summed E-state index contributed by atoms with van der Waals surface area (Å²) in [7, 11) is 1.26.